The number of carbonyl (C=O) groups is 2. The second kappa shape index (κ2) is 10.4. The van der Waals surface area contributed by atoms with Crippen LogP contribution >= 0.6 is 0 Å². The molecule has 0 radical (unpaired) electrons. The molecule has 1 N–H and O–H groups in total. The first-order valence-electron chi connectivity index (χ1n) is 10.5. The van der Waals surface area contributed by atoms with Crippen molar-refractivity contribution in [2.24, 2.45) is 0 Å². The van der Waals surface area contributed by atoms with Crippen LogP contribution in [0, 0.1) is 5.39 Å². The molecule has 0 saturated heterocycles. The number of rotatable bonds is 9. The fourth-order valence-electron chi connectivity index (χ4n) is 2.14. The van der Waals surface area contributed by atoms with Gasteiger partial charge in [-0.3, -0.25) is 4.79 Å². The maximum atomic E-state index is 12.7. The van der Waals surface area contributed by atoms with Crippen molar-refractivity contribution in [2.45, 2.75) is 104 Å². The van der Waals surface area contributed by atoms with E-state index in [-0.39, 0.29) is 22.5 Å². The molecule has 0 aliphatic carbocycles. The zero-order valence-electron chi connectivity index (χ0n) is 21.2. The van der Waals surface area contributed by atoms with Gasteiger partial charge in [0.15, 0.2) is 27.4 Å². The average molecular weight is 474 g/mol. The van der Waals surface area contributed by atoms with E-state index in [1.165, 1.54) is 6.92 Å². The lowest BCUT2D eigenvalue weighted by Crippen LogP contribution is -2.54. The second-order valence-corrected chi connectivity index (χ2v) is 20.3. The van der Waals surface area contributed by atoms with Gasteiger partial charge in [0, 0.05) is 0 Å². The van der Waals surface area contributed by atoms with Gasteiger partial charge in [-0.05, 0) is 50.1 Å². The molecule has 0 bridgehead atoms. The summed E-state index contributed by atoms with van der Waals surface area (Å²) in [5.41, 5.74) is -0.698. The van der Waals surface area contributed by atoms with Gasteiger partial charge in [0.05, 0.1) is 6.61 Å². The number of esters is 1. The van der Waals surface area contributed by atoms with Crippen LogP contribution in [0.1, 0.15) is 55.4 Å². The van der Waals surface area contributed by atoms with Crippen LogP contribution in [0.15, 0.2) is 11.5 Å². The summed E-state index contributed by atoms with van der Waals surface area (Å²) in [5.74, 6) is -2.05. The molecule has 2 atom stereocenters. The normalized spacial score (nSPS) is 16.1. The molecule has 0 aliphatic rings. The van der Waals surface area contributed by atoms with Crippen LogP contribution in [0.5, 0.6) is 0 Å². The van der Waals surface area contributed by atoms with E-state index in [1.54, 1.807) is 6.92 Å². The molecule has 178 valence electrons. The van der Waals surface area contributed by atoms with Gasteiger partial charge < -0.3 is 18.7 Å². The van der Waals surface area contributed by atoms with Crippen LogP contribution < -0.4 is 0 Å². The zero-order chi connectivity index (χ0) is 25.0. The van der Waals surface area contributed by atoms with Gasteiger partial charge in [0.1, 0.15) is 12.2 Å². The van der Waals surface area contributed by atoms with Gasteiger partial charge in [-0.25, -0.2) is 4.79 Å². The Hall–Kier alpha value is -1.55. The molecule has 0 heterocycles. The van der Waals surface area contributed by atoms with E-state index in [0.29, 0.717) is 0 Å². The first-order chi connectivity index (χ1) is 13.7. The van der Waals surface area contributed by atoms with Gasteiger partial charge in [0.25, 0.3) is 0 Å². The molecular formula is C21H41N2O6Si2+. The van der Waals surface area contributed by atoms with E-state index < -0.39 is 46.3 Å². The van der Waals surface area contributed by atoms with Crippen molar-refractivity contribution in [3.05, 3.63) is 16.4 Å². The summed E-state index contributed by atoms with van der Waals surface area (Å²) >= 11 is 0. The summed E-state index contributed by atoms with van der Waals surface area (Å²) in [6, 6.07) is 0. The number of nitrogens with zero attached hydrogens (tertiary/aromatic N) is 2. The molecule has 0 saturated carbocycles. The third-order valence-corrected chi connectivity index (χ3v) is 15.1. The Balaban J connectivity index is 6.74. The Morgan fingerprint density at radius 1 is 0.935 bits per heavy atom. The smallest absolute Gasteiger partial charge is 0.503 e. The van der Waals surface area contributed by atoms with E-state index in [0.717, 1.165) is 0 Å². The van der Waals surface area contributed by atoms with Crippen LogP contribution in [0.25, 0.3) is 4.98 Å². The molecule has 0 spiro atoms. The summed E-state index contributed by atoms with van der Waals surface area (Å²) < 4.78 is 17.6. The Bertz CT molecular complexity index is 742. The van der Waals surface area contributed by atoms with Gasteiger partial charge >= 0.3 is 11.7 Å². The summed E-state index contributed by atoms with van der Waals surface area (Å²) in [7, 11) is -5.04. The molecular weight excluding hydrogens is 432 g/mol. The predicted molar refractivity (Wildman–Crippen MR) is 126 cm³/mol. The molecule has 31 heavy (non-hydrogen) atoms. The van der Waals surface area contributed by atoms with Gasteiger partial charge in [-0.15, -0.1) is 0 Å². The number of diazo groups is 1. The van der Waals surface area contributed by atoms with Crippen molar-refractivity contribution in [1.29, 1.82) is 5.39 Å². The Morgan fingerprint density at radius 3 is 1.61 bits per heavy atom. The largest absolute Gasteiger partial charge is 0.508 e. The molecule has 10 heteroatoms. The van der Waals surface area contributed by atoms with Crippen molar-refractivity contribution in [3.63, 3.8) is 0 Å². The lowest BCUT2D eigenvalue weighted by atomic mass is 10.1. The van der Waals surface area contributed by atoms with Crippen molar-refractivity contribution in [3.8, 4) is 0 Å². The lowest BCUT2D eigenvalue weighted by Gasteiger charge is -2.43. The van der Waals surface area contributed by atoms with Crippen molar-refractivity contribution in [2.75, 3.05) is 6.61 Å². The number of Topliss-reactive ketones (excluding diaryl/α,β-unsaturated/α-hetero) is 1. The fourth-order valence-corrected chi connectivity index (χ4v) is 4.64. The van der Waals surface area contributed by atoms with Crippen molar-refractivity contribution in [1.82, 2.24) is 0 Å². The van der Waals surface area contributed by atoms with E-state index >= 15 is 0 Å². The first kappa shape index (κ1) is 29.5. The maximum absolute atomic E-state index is 12.7. The van der Waals surface area contributed by atoms with Crippen LogP contribution in [-0.4, -0.2) is 52.3 Å². The summed E-state index contributed by atoms with van der Waals surface area (Å²) in [6.45, 7) is 23.0. The highest BCUT2D eigenvalue weighted by molar-refractivity contribution is 6.74. The third kappa shape index (κ3) is 7.52. The third-order valence-electron chi connectivity index (χ3n) is 6.21. The number of hydrogen-bond donors (Lipinski definition) is 1. The molecule has 0 unspecified atom stereocenters. The van der Waals surface area contributed by atoms with Crippen molar-refractivity contribution < 1.29 is 28.3 Å². The minimum absolute atomic E-state index is 0.0233. The predicted octanol–water partition coefficient (Wildman–Crippen LogP) is 5.54. The number of ether oxygens (including phenoxy) is 1. The lowest BCUT2D eigenvalue weighted by molar-refractivity contribution is -0.139. The summed E-state index contributed by atoms with van der Waals surface area (Å²) in [5, 5.41) is 20.0. The van der Waals surface area contributed by atoms with Crippen LogP contribution in [0.3, 0.4) is 0 Å². The van der Waals surface area contributed by atoms with Crippen LogP contribution in [0.4, 0.5) is 0 Å². The number of hydrogen-bond acceptors (Lipinski definition) is 7. The van der Waals surface area contributed by atoms with Crippen LogP contribution in [-0.2, 0) is 23.2 Å². The molecule has 0 rings (SSSR count). The SMILES string of the molecule is CCOC(=O)/C([N+]#N)=C(\O)[C@H](O[Si](C)(C)C(C)(C)C)[C@@H](O[Si](C)(C)C(C)(C)C)C(C)=O. The number of aliphatic hydroxyl groups excluding tert-OH is 1. The standard InChI is InChI=1S/C21H40N2O6Si2/c1-13-27-19(26)15(23-22)16(25)18(29-31(11,12)21(6,7)8)17(14(2)24)28-30(9,10)20(3,4)5/h17-18H,13H2,1-12H3/p+1/t17-,18-/m0/s1. The van der Waals surface area contributed by atoms with Gasteiger partial charge in [-0.2, -0.15) is 0 Å². The average Bonchev–Trinajstić information content (AvgIpc) is 2.56. The Labute approximate surface area is 189 Å². The summed E-state index contributed by atoms with van der Waals surface area (Å²) in [4.78, 5) is 27.9. The topological polar surface area (TPSA) is 110 Å². The molecule has 0 aliphatic heterocycles. The monoisotopic (exact) mass is 473 g/mol. The number of ketones is 1. The maximum Gasteiger partial charge on any atom is 0.508 e. The highest BCUT2D eigenvalue weighted by Crippen LogP contribution is 2.41. The quantitative estimate of drug-likeness (QED) is 0.154. The molecule has 8 nitrogen and oxygen atoms in total. The minimum atomic E-state index is -2.56. The molecule has 0 aromatic heterocycles. The van der Waals surface area contributed by atoms with E-state index in [2.05, 4.69) is 4.98 Å². The zero-order valence-corrected chi connectivity index (χ0v) is 23.2. The van der Waals surface area contributed by atoms with E-state index in [9.17, 15) is 20.1 Å². The number of carbonyl (C=O) groups excluding carboxylic acids is 2. The summed E-state index contributed by atoms with van der Waals surface area (Å²) in [6.07, 6.45) is -2.50. The molecule has 0 fully saturated rings. The number of aliphatic hydroxyl groups is 1. The van der Waals surface area contributed by atoms with E-state index in [1.807, 2.05) is 67.7 Å². The van der Waals surface area contributed by atoms with Gasteiger partial charge in [0.2, 0.25) is 11.2 Å². The van der Waals surface area contributed by atoms with Gasteiger partial charge in [-0.1, -0.05) is 41.5 Å². The fraction of sp³-hybridized carbons (Fsp3) is 0.810. The van der Waals surface area contributed by atoms with Crippen LogP contribution in [0.2, 0.25) is 36.3 Å². The Morgan fingerprint density at radius 2 is 1.32 bits per heavy atom. The first-order valence-corrected chi connectivity index (χ1v) is 16.4. The molecule has 0 aromatic rings. The van der Waals surface area contributed by atoms with E-state index in [4.69, 9.17) is 13.6 Å². The van der Waals surface area contributed by atoms with Crippen molar-refractivity contribution >= 4 is 28.4 Å². The highest BCUT2D eigenvalue weighted by Gasteiger charge is 2.50. The highest BCUT2D eigenvalue weighted by atomic mass is 28.4. The minimum Gasteiger partial charge on any atom is -0.503 e. The Kier molecular flexibility index (Phi) is 9.86. The second-order valence-electron chi connectivity index (χ2n) is 10.8. The molecule has 0 amide bonds. The molecule has 0 aromatic carbocycles.